The van der Waals surface area contributed by atoms with Gasteiger partial charge >= 0.3 is 0 Å². The topological polar surface area (TPSA) is 70.9 Å². The van der Waals surface area contributed by atoms with Crippen LogP contribution in [0.3, 0.4) is 0 Å². The van der Waals surface area contributed by atoms with E-state index in [1.54, 1.807) is 24.1 Å². The van der Waals surface area contributed by atoms with Crippen molar-refractivity contribution in [3.63, 3.8) is 0 Å². The van der Waals surface area contributed by atoms with E-state index in [1.165, 1.54) is 24.5 Å². The molecule has 31 heavy (non-hydrogen) atoms. The summed E-state index contributed by atoms with van der Waals surface area (Å²) in [7, 11) is 0. The van der Waals surface area contributed by atoms with Crippen LogP contribution in [-0.2, 0) is 6.54 Å². The van der Waals surface area contributed by atoms with Crippen LogP contribution >= 0.6 is 11.9 Å². The fourth-order valence-corrected chi connectivity index (χ4v) is 4.84. The Morgan fingerprint density at radius 1 is 1.16 bits per heavy atom. The molecule has 1 aromatic carbocycles. The summed E-state index contributed by atoms with van der Waals surface area (Å²) in [5.74, 6) is 0.578. The van der Waals surface area contributed by atoms with Gasteiger partial charge in [0.25, 0.3) is 6.43 Å². The first-order valence-electron chi connectivity index (χ1n) is 10.3. The molecule has 8 heteroatoms. The van der Waals surface area contributed by atoms with E-state index >= 15 is 0 Å². The maximum Gasteiger partial charge on any atom is 0.263 e. The highest BCUT2D eigenvalue weighted by atomic mass is 32.2. The van der Waals surface area contributed by atoms with E-state index in [0.717, 1.165) is 48.4 Å². The summed E-state index contributed by atoms with van der Waals surface area (Å²) in [4.78, 5) is 5.63. The Morgan fingerprint density at radius 2 is 1.90 bits per heavy atom. The molecule has 0 atom stereocenters. The molecule has 0 radical (unpaired) electrons. The lowest BCUT2D eigenvalue weighted by atomic mass is 9.98. The Labute approximate surface area is 184 Å². The average molecular weight is 442 g/mol. The Bertz CT molecular complexity index is 1070. The molecule has 5 nitrogen and oxygen atoms in total. The van der Waals surface area contributed by atoms with Gasteiger partial charge in [-0.25, -0.2) is 18.1 Å². The van der Waals surface area contributed by atoms with E-state index < -0.39 is 6.43 Å². The number of hydrogen-bond donors (Lipinski definition) is 2. The van der Waals surface area contributed by atoms with Crippen LogP contribution in [0.1, 0.15) is 30.5 Å². The number of nitrogens with one attached hydrogen (secondary N) is 1. The number of benzene rings is 1. The van der Waals surface area contributed by atoms with Crippen molar-refractivity contribution in [1.82, 2.24) is 13.9 Å². The summed E-state index contributed by atoms with van der Waals surface area (Å²) in [5.41, 5.74) is 8.93. The smallest absolute Gasteiger partial charge is 0.263 e. The molecule has 2 aromatic heterocycles. The number of nitrogens with two attached hydrogens (primary N) is 1. The van der Waals surface area contributed by atoms with E-state index in [4.69, 9.17) is 11.1 Å². The lowest BCUT2D eigenvalue weighted by Crippen LogP contribution is -2.30. The molecule has 3 aromatic rings. The third-order valence-electron chi connectivity index (χ3n) is 5.65. The number of hydrogen-bond acceptors (Lipinski definition) is 5. The second-order valence-electron chi connectivity index (χ2n) is 7.67. The number of allylic oxidation sites excluding steroid dienone is 1. The zero-order valence-electron chi connectivity index (χ0n) is 17.0. The van der Waals surface area contributed by atoms with Crippen molar-refractivity contribution in [2.75, 3.05) is 13.1 Å². The second kappa shape index (κ2) is 9.62. The molecule has 1 aliphatic rings. The van der Waals surface area contributed by atoms with Gasteiger partial charge < -0.3 is 15.7 Å². The van der Waals surface area contributed by atoms with Crippen LogP contribution in [-0.4, -0.2) is 33.2 Å². The second-order valence-corrected chi connectivity index (χ2v) is 8.84. The number of fused-ring (bicyclic) bond motifs is 1. The lowest BCUT2D eigenvalue weighted by Gasteiger charge is -2.31. The molecular formula is C23H25F2N5S. The van der Waals surface area contributed by atoms with Gasteiger partial charge in [-0.1, -0.05) is 12.1 Å². The van der Waals surface area contributed by atoms with Crippen LogP contribution in [0.4, 0.5) is 8.78 Å². The number of halogens is 2. The first-order chi connectivity index (χ1) is 15.1. The van der Waals surface area contributed by atoms with Crippen molar-refractivity contribution in [2.24, 2.45) is 11.7 Å². The van der Waals surface area contributed by atoms with Crippen molar-refractivity contribution in [1.29, 1.82) is 5.41 Å². The minimum atomic E-state index is -2.42. The molecular weight excluding hydrogens is 416 g/mol. The number of nitrogens with zero attached hydrogens (tertiary/aromatic N) is 3. The molecule has 3 heterocycles. The molecule has 0 spiro atoms. The van der Waals surface area contributed by atoms with Gasteiger partial charge in [-0.2, -0.15) is 0 Å². The first kappa shape index (κ1) is 21.5. The molecule has 0 unspecified atom stereocenters. The largest absolute Gasteiger partial charge is 0.404 e. The number of rotatable bonds is 7. The molecule has 0 aliphatic carbocycles. The van der Waals surface area contributed by atoms with E-state index in [0.29, 0.717) is 17.2 Å². The van der Waals surface area contributed by atoms with Crippen LogP contribution in [0.2, 0.25) is 0 Å². The van der Waals surface area contributed by atoms with E-state index in [2.05, 4.69) is 20.1 Å². The summed E-state index contributed by atoms with van der Waals surface area (Å²) in [6.45, 7) is 2.88. The van der Waals surface area contributed by atoms with Gasteiger partial charge in [-0.15, -0.1) is 0 Å². The van der Waals surface area contributed by atoms with Crippen molar-refractivity contribution in [3.8, 4) is 0 Å². The molecule has 1 saturated heterocycles. The monoisotopic (exact) mass is 441 g/mol. The molecule has 0 bridgehead atoms. The highest BCUT2D eigenvalue weighted by molar-refractivity contribution is 7.97. The van der Waals surface area contributed by atoms with Crippen molar-refractivity contribution < 1.29 is 8.78 Å². The zero-order chi connectivity index (χ0) is 21.8. The average Bonchev–Trinajstić information content (AvgIpc) is 3.18. The molecule has 1 aliphatic heterocycles. The van der Waals surface area contributed by atoms with Gasteiger partial charge in [-0.3, -0.25) is 0 Å². The highest BCUT2D eigenvalue weighted by Crippen LogP contribution is 2.31. The van der Waals surface area contributed by atoms with Crippen LogP contribution in [0.5, 0.6) is 0 Å². The Balaban J connectivity index is 1.34. The predicted molar refractivity (Wildman–Crippen MR) is 122 cm³/mol. The first-order valence-corrected chi connectivity index (χ1v) is 11.0. The summed E-state index contributed by atoms with van der Waals surface area (Å²) in [6, 6.07) is 12.5. The van der Waals surface area contributed by atoms with E-state index in [-0.39, 0.29) is 5.56 Å². The van der Waals surface area contributed by atoms with E-state index in [9.17, 15) is 8.78 Å². The molecule has 0 saturated carbocycles. The third kappa shape index (κ3) is 4.97. The number of aromatic nitrogens is 2. The third-order valence-corrected chi connectivity index (χ3v) is 6.76. The fourth-order valence-electron chi connectivity index (χ4n) is 3.89. The van der Waals surface area contributed by atoms with Crippen LogP contribution in [0.25, 0.3) is 16.6 Å². The van der Waals surface area contributed by atoms with E-state index in [1.807, 2.05) is 18.2 Å². The van der Waals surface area contributed by atoms with Gasteiger partial charge in [0.2, 0.25) is 0 Å². The maximum atomic E-state index is 12.7. The Morgan fingerprint density at radius 3 is 2.55 bits per heavy atom. The van der Waals surface area contributed by atoms with Crippen LogP contribution < -0.4 is 5.73 Å². The van der Waals surface area contributed by atoms with Gasteiger partial charge in [-0.05, 0) is 61.0 Å². The minimum Gasteiger partial charge on any atom is -0.404 e. The number of alkyl halides is 2. The molecule has 162 valence electrons. The lowest BCUT2D eigenvalue weighted by molar-refractivity contribution is 0.151. The van der Waals surface area contributed by atoms with Crippen LogP contribution in [0.15, 0.2) is 59.8 Å². The van der Waals surface area contributed by atoms with Gasteiger partial charge in [0, 0.05) is 54.3 Å². The summed E-state index contributed by atoms with van der Waals surface area (Å²) in [5, 5.41) is 7.44. The highest BCUT2D eigenvalue weighted by Gasteiger charge is 2.21. The normalized spacial score (nSPS) is 16.3. The summed E-state index contributed by atoms with van der Waals surface area (Å²) >= 11 is 1.64. The summed E-state index contributed by atoms with van der Waals surface area (Å²) < 4.78 is 30.0. The Kier molecular flexibility index (Phi) is 6.67. The minimum absolute atomic E-state index is 0.0664. The molecule has 4 rings (SSSR count). The molecule has 3 N–H and O–H groups in total. The van der Waals surface area contributed by atoms with Crippen molar-refractivity contribution >= 4 is 34.8 Å². The quantitative estimate of drug-likeness (QED) is 0.383. The van der Waals surface area contributed by atoms with Crippen molar-refractivity contribution in [2.45, 2.75) is 30.7 Å². The van der Waals surface area contributed by atoms with Crippen molar-refractivity contribution in [3.05, 3.63) is 66.1 Å². The molecule has 0 amide bonds. The summed E-state index contributed by atoms with van der Waals surface area (Å²) in [6.07, 6.45) is 4.43. The standard InChI is InChI=1S/C23H25F2N5S/c24-23(25)17-1-3-19(4-2-17)31-30-11-7-16(8-12-30)15-29-10-9-21-22(29)6-5-20(28-21)18(13-26)14-27/h1-6,9-10,13-14,16,23,26H,7-8,11-12,15,27H2/b18-14+,26-13?. The number of pyridine rings is 1. The Hall–Kier alpha value is -2.71. The maximum absolute atomic E-state index is 12.7. The fraction of sp³-hybridized carbons (Fsp3) is 0.304. The SMILES string of the molecule is N=C/C(=C\N)c1ccc2c(ccn2CC2CCN(Sc3ccc(C(F)F)cc3)CC2)n1. The van der Waals surface area contributed by atoms with Gasteiger partial charge in [0.05, 0.1) is 16.7 Å². The van der Waals surface area contributed by atoms with Gasteiger partial charge in [0.1, 0.15) is 0 Å². The molecule has 1 fully saturated rings. The van der Waals surface area contributed by atoms with Crippen LogP contribution in [0, 0.1) is 11.3 Å². The number of piperidine rings is 1. The zero-order valence-corrected chi connectivity index (χ0v) is 17.9. The van der Waals surface area contributed by atoms with Gasteiger partial charge in [0.15, 0.2) is 0 Å². The predicted octanol–water partition coefficient (Wildman–Crippen LogP) is 5.34.